The third-order valence-corrected chi connectivity index (χ3v) is 2.14. The summed E-state index contributed by atoms with van der Waals surface area (Å²) in [5.74, 6) is 1.17. The Morgan fingerprint density at radius 2 is 2.00 bits per heavy atom. The molecule has 0 aliphatic rings. The van der Waals surface area contributed by atoms with E-state index in [-0.39, 0.29) is 5.41 Å². The van der Waals surface area contributed by atoms with Crippen LogP contribution < -0.4 is 5.73 Å². The van der Waals surface area contributed by atoms with Crippen molar-refractivity contribution in [3.05, 3.63) is 17.6 Å². The van der Waals surface area contributed by atoms with Gasteiger partial charge in [-0.1, -0.05) is 27.7 Å². The van der Waals surface area contributed by atoms with Gasteiger partial charge in [0.05, 0.1) is 5.69 Å². The van der Waals surface area contributed by atoms with E-state index in [1.165, 1.54) is 0 Å². The summed E-state index contributed by atoms with van der Waals surface area (Å²) in [6.07, 6.45) is 0.994. The molecule has 0 atom stereocenters. The van der Waals surface area contributed by atoms with Gasteiger partial charge in [-0.25, -0.2) is 9.97 Å². The van der Waals surface area contributed by atoms with Gasteiger partial charge in [0.2, 0.25) is 0 Å². The molecule has 0 aromatic carbocycles. The van der Waals surface area contributed by atoms with E-state index < -0.39 is 0 Å². The van der Waals surface area contributed by atoms with Crippen LogP contribution in [-0.2, 0) is 16.8 Å². The van der Waals surface area contributed by atoms with Gasteiger partial charge in [-0.3, -0.25) is 0 Å². The number of ether oxygens (including phenoxy) is 1. The van der Waals surface area contributed by atoms with Gasteiger partial charge >= 0.3 is 0 Å². The number of rotatable bonds is 4. The van der Waals surface area contributed by atoms with Crippen LogP contribution in [0.25, 0.3) is 0 Å². The predicted octanol–water partition coefficient (Wildman–Crippen LogP) is 2.28. The van der Waals surface area contributed by atoms with Crippen molar-refractivity contribution in [1.82, 2.24) is 9.97 Å². The number of hydrogen-bond acceptors (Lipinski definition) is 4. The average Bonchev–Trinajstić information content (AvgIpc) is 2.16. The molecule has 4 nitrogen and oxygen atoms in total. The predicted molar refractivity (Wildman–Crippen MR) is 65.1 cm³/mol. The monoisotopic (exact) mass is 223 g/mol. The molecule has 2 N–H and O–H groups in total. The zero-order valence-corrected chi connectivity index (χ0v) is 10.6. The minimum atomic E-state index is -0.0173. The molecule has 0 unspecified atom stereocenters. The first kappa shape index (κ1) is 12.9. The van der Waals surface area contributed by atoms with Crippen LogP contribution in [0, 0.1) is 0 Å². The second-order valence-electron chi connectivity index (χ2n) is 4.90. The van der Waals surface area contributed by atoms with E-state index in [0.29, 0.717) is 18.2 Å². The Balaban J connectivity index is 2.82. The summed E-state index contributed by atoms with van der Waals surface area (Å²) in [7, 11) is 0. The highest BCUT2D eigenvalue weighted by molar-refractivity contribution is 5.32. The van der Waals surface area contributed by atoms with Crippen LogP contribution in [0.1, 0.15) is 45.6 Å². The second kappa shape index (κ2) is 5.25. The van der Waals surface area contributed by atoms with Crippen LogP contribution in [0.5, 0.6) is 0 Å². The molecular weight excluding hydrogens is 202 g/mol. The van der Waals surface area contributed by atoms with Gasteiger partial charge in [-0.2, -0.15) is 0 Å². The topological polar surface area (TPSA) is 61.0 Å². The number of aromatic nitrogens is 2. The molecule has 16 heavy (non-hydrogen) atoms. The Bertz CT molecular complexity index is 345. The summed E-state index contributed by atoms with van der Waals surface area (Å²) in [4.78, 5) is 8.62. The highest BCUT2D eigenvalue weighted by Crippen LogP contribution is 2.21. The first-order valence-corrected chi connectivity index (χ1v) is 5.65. The smallest absolute Gasteiger partial charge is 0.156 e. The maximum atomic E-state index is 5.75. The van der Waals surface area contributed by atoms with Crippen molar-refractivity contribution in [2.45, 2.75) is 46.1 Å². The fourth-order valence-electron chi connectivity index (χ4n) is 1.27. The molecule has 0 aliphatic heterocycles. The van der Waals surface area contributed by atoms with E-state index in [9.17, 15) is 0 Å². The van der Waals surface area contributed by atoms with Crippen LogP contribution in [0.3, 0.4) is 0 Å². The Hall–Kier alpha value is -1.16. The molecule has 0 saturated carbocycles. The zero-order valence-electron chi connectivity index (χ0n) is 10.6. The van der Waals surface area contributed by atoms with Crippen molar-refractivity contribution in [2.24, 2.45) is 0 Å². The normalized spacial score (nSPS) is 11.8. The minimum absolute atomic E-state index is 0.0173. The number of hydrogen-bond donors (Lipinski definition) is 1. The fourth-order valence-corrected chi connectivity index (χ4v) is 1.27. The van der Waals surface area contributed by atoms with Gasteiger partial charge in [0, 0.05) is 18.1 Å². The summed E-state index contributed by atoms with van der Waals surface area (Å²) in [5, 5.41) is 0. The summed E-state index contributed by atoms with van der Waals surface area (Å²) < 4.78 is 5.41. The van der Waals surface area contributed by atoms with Crippen LogP contribution in [-0.4, -0.2) is 16.6 Å². The lowest BCUT2D eigenvalue weighted by Gasteiger charge is -2.18. The van der Waals surface area contributed by atoms with E-state index in [1.807, 2.05) is 6.07 Å². The zero-order chi connectivity index (χ0) is 12.2. The SMILES string of the molecule is CCCOCc1nc(N)cc(C(C)(C)C)n1. The van der Waals surface area contributed by atoms with Gasteiger partial charge < -0.3 is 10.5 Å². The van der Waals surface area contributed by atoms with Crippen molar-refractivity contribution < 1.29 is 4.74 Å². The Kier molecular flexibility index (Phi) is 4.24. The van der Waals surface area contributed by atoms with Crippen LogP contribution in [0.15, 0.2) is 6.07 Å². The lowest BCUT2D eigenvalue weighted by atomic mass is 9.92. The third kappa shape index (κ3) is 3.77. The molecule has 0 bridgehead atoms. The highest BCUT2D eigenvalue weighted by Gasteiger charge is 2.17. The van der Waals surface area contributed by atoms with Crippen molar-refractivity contribution >= 4 is 5.82 Å². The molecule has 0 fully saturated rings. The molecule has 1 rings (SSSR count). The van der Waals surface area contributed by atoms with Crippen LogP contribution in [0.2, 0.25) is 0 Å². The molecule has 0 amide bonds. The minimum Gasteiger partial charge on any atom is -0.384 e. The fraction of sp³-hybridized carbons (Fsp3) is 0.667. The number of nitrogen functional groups attached to an aromatic ring is 1. The van der Waals surface area contributed by atoms with Crippen LogP contribution in [0.4, 0.5) is 5.82 Å². The Morgan fingerprint density at radius 3 is 2.56 bits per heavy atom. The maximum Gasteiger partial charge on any atom is 0.156 e. The first-order valence-electron chi connectivity index (χ1n) is 5.65. The summed E-state index contributed by atoms with van der Waals surface area (Å²) >= 11 is 0. The van der Waals surface area contributed by atoms with Crippen LogP contribution >= 0.6 is 0 Å². The van der Waals surface area contributed by atoms with Crippen molar-refractivity contribution in [3.63, 3.8) is 0 Å². The quantitative estimate of drug-likeness (QED) is 0.795. The van der Waals surface area contributed by atoms with Crippen molar-refractivity contribution in [1.29, 1.82) is 0 Å². The number of nitrogens with zero attached hydrogens (tertiary/aromatic N) is 2. The standard InChI is InChI=1S/C12H21N3O/c1-5-6-16-8-11-14-9(12(2,3)4)7-10(13)15-11/h7H,5-6,8H2,1-4H3,(H2,13,14,15). The summed E-state index contributed by atoms with van der Waals surface area (Å²) in [6.45, 7) is 9.54. The first-order chi connectivity index (χ1) is 7.43. The van der Waals surface area contributed by atoms with E-state index in [4.69, 9.17) is 10.5 Å². The van der Waals surface area contributed by atoms with Gasteiger partial charge in [0.1, 0.15) is 12.4 Å². The Morgan fingerprint density at radius 1 is 1.31 bits per heavy atom. The largest absolute Gasteiger partial charge is 0.384 e. The summed E-state index contributed by atoms with van der Waals surface area (Å²) in [5.41, 5.74) is 6.69. The summed E-state index contributed by atoms with van der Waals surface area (Å²) in [6, 6.07) is 1.82. The van der Waals surface area contributed by atoms with Gasteiger partial charge in [-0.15, -0.1) is 0 Å². The molecule has 0 radical (unpaired) electrons. The lowest BCUT2D eigenvalue weighted by Crippen LogP contribution is -2.16. The number of anilines is 1. The molecule has 90 valence electrons. The molecule has 1 aromatic rings. The van der Waals surface area contributed by atoms with E-state index in [1.54, 1.807) is 0 Å². The van der Waals surface area contributed by atoms with Gasteiger partial charge in [0.25, 0.3) is 0 Å². The van der Waals surface area contributed by atoms with E-state index >= 15 is 0 Å². The molecule has 1 heterocycles. The third-order valence-electron chi connectivity index (χ3n) is 2.14. The van der Waals surface area contributed by atoms with Crippen molar-refractivity contribution in [3.8, 4) is 0 Å². The van der Waals surface area contributed by atoms with Gasteiger partial charge in [-0.05, 0) is 6.42 Å². The highest BCUT2D eigenvalue weighted by atomic mass is 16.5. The molecule has 0 spiro atoms. The van der Waals surface area contributed by atoms with Gasteiger partial charge in [0.15, 0.2) is 5.82 Å². The Labute approximate surface area is 97.2 Å². The number of nitrogens with two attached hydrogens (primary N) is 1. The molecule has 4 heteroatoms. The molecular formula is C12H21N3O. The second-order valence-corrected chi connectivity index (χ2v) is 4.90. The van der Waals surface area contributed by atoms with E-state index in [2.05, 4.69) is 37.7 Å². The van der Waals surface area contributed by atoms with E-state index in [0.717, 1.165) is 18.7 Å². The average molecular weight is 223 g/mol. The maximum absolute atomic E-state index is 5.75. The lowest BCUT2D eigenvalue weighted by molar-refractivity contribution is 0.116. The molecule has 0 aliphatic carbocycles. The van der Waals surface area contributed by atoms with Crippen molar-refractivity contribution in [2.75, 3.05) is 12.3 Å². The molecule has 1 aromatic heterocycles. The molecule has 0 saturated heterocycles.